The van der Waals surface area contributed by atoms with E-state index in [9.17, 15) is 14.4 Å². The quantitative estimate of drug-likeness (QED) is 0.211. The third-order valence-corrected chi connectivity index (χ3v) is 8.45. The summed E-state index contributed by atoms with van der Waals surface area (Å²) >= 11 is 8.20. The smallest absolute Gasteiger partial charge is 0.343 e. The van der Waals surface area contributed by atoms with E-state index in [4.69, 9.17) is 25.4 Å². The van der Waals surface area contributed by atoms with E-state index in [0.717, 1.165) is 0 Å². The number of ether oxygens (including phenoxy) is 5. The topological polar surface area (TPSA) is 115 Å². The average Bonchev–Trinajstić information content (AvgIpc) is 3.29. The number of hydrogen-bond acceptors (Lipinski definition) is 10. The highest BCUT2D eigenvalue weighted by Gasteiger charge is 2.34. The molecule has 1 aliphatic rings. The minimum absolute atomic E-state index is 0.0979. The number of hydrogen-bond donors (Lipinski definition) is 0. The van der Waals surface area contributed by atoms with Crippen molar-refractivity contribution in [2.75, 3.05) is 33.5 Å². The van der Waals surface area contributed by atoms with E-state index in [1.54, 1.807) is 45.0 Å². The fraction of sp³-hybridized carbons (Fsp3) is 0.290. The Balaban J connectivity index is 1.88. The number of carbonyl (C=O) groups is 2. The normalized spacial score (nSPS) is 14.3. The van der Waals surface area contributed by atoms with E-state index in [2.05, 4.69) is 47.5 Å². The molecule has 0 saturated heterocycles. The molecule has 10 nitrogen and oxygen atoms in total. The number of benzene rings is 2. The van der Waals surface area contributed by atoms with Gasteiger partial charge in [0, 0.05) is 0 Å². The standard InChI is InChI=1S/C31H28Br2N2O8S/c1-6-11-42-28-20(32)12-18(13-21(28)33)14-24-29(37)35-27(26(30(38)41-8-3)17(4)34-31(35)44-24)19-9-10-22(23(15-19)40-7-2)43-16-25(36)39-5/h1,9-10,12-15,27H,7-8,11,16H2,2-5H3/b24-14-/t27-/m0/s1. The summed E-state index contributed by atoms with van der Waals surface area (Å²) in [5.41, 5.74) is 1.56. The van der Waals surface area contributed by atoms with E-state index >= 15 is 0 Å². The number of carbonyl (C=O) groups excluding carboxylic acids is 2. The molecular weight excluding hydrogens is 720 g/mol. The summed E-state index contributed by atoms with van der Waals surface area (Å²) in [5, 5.41) is 0. The first kappa shape index (κ1) is 33.0. The number of terminal acetylenes is 1. The summed E-state index contributed by atoms with van der Waals surface area (Å²) in [6.07, 6.45) is 7.06. The van der Waals surface area contributed by atoms with Crippen molar-refractivity contribution in [2.24, 2.45) is 4.99 Å². The van der Waals surface area contributed by atoms with Crippen molar-refractivity contribution < 1.29 is 33.3 Å². The average molecular weight is 748 g/mol. The van der Waals surface area contributed by atoms with Crippen LogP contribution in [-0.4, -0.2) is 50.0 Å². The van der Waals surface area contributed by atoms with Crippen molar-refractivity contribution in [2.45, 2.75) is 26.8 Å². The van der Waals surface area contributed by atoms with Gasteiger partial charge in [-0.1, -0.05) is 23.3 Å². The van der Waals surface area contributed by atoms with Crippen LogP contribution in [0.25, 0.3) is 6.08 Å². The summed E-state index contributed by atoms with van der Waals surface area (Å²) in [5.74, 6) is 2.46. The van der Waals surface area contributed by atoms with E-state index < -0.39 is 18.0 Å². The zero-order valence-electron chi connectivity index (χ0n) is 24.3. The van der Waals surface area contributed by atoms with Gasteiger partial charge in [0.15, 0.2) is 22.9 Å². The highest BCUT2D eigenvalue weighted by Crippen LogP contribution is 2.37. The van der Waals surface area contributed by atoms with Crippen LogP contribution in [0.5, 0.6) is 17.2 Å². The minimum Gasteiger partial charge on any atom is -0.490 e. The molecule has 0 saturated carbocycles. The lowest BCUT2D eigenvalue weighted by Crippen LogP contribution is -2.40. The van der Waals surface area contributed by atoms with Gasteiger partial charge in [-0.3, -0.25) is 9.36 Å². The number of nitrogens with zero attached hydrogens (tertiary/aromatic N) is 2. The van der Waals surface area contributed by atoms with Crippen LogP contribution in [0.2, 0.25) is 0 Å². The lowest BCUT2D eigenvalue weighted by molar-refractivity contribution is -0.143. The number of rotatable bonds is 11. The lowest BCUT2D eigenvalue weighted by Gasteiger charge is -2.25. The summed E-state index contributed by atoms with van der Waals surface area (Å²) in [6.45, 7) is 5.44. The number of halogens is 2. The molecule has 0 spiro atoms. The monoisotopic (exact) mass is 746 g/mol. The van der Waals surface area contributed by atoms with Crippen LogP contribution >= 0.6 is 43.2 Å². The highest BCUT2D eigenvalue weighted by molar-refractivity contribution is 9.11. The Bertz CT molecular complexity index is 1830. The first-order valence-corrected chi connectivity index (χ1v) is 15.7. The molecule has 4 rings (SSSR count). The van der Waals surface area contributed by atoms with Crippen molar-refractivity contribution in [3.63, 3.8) is 0 Å². The molecule has 2 aromatic carbocycles. The molecule has 2 heterocycles. The highest BCUT2D eigenvalue weighted by atomic mass is 79.9. The van der Waals surface area contributed by atoms with Crippen molar-refractivity contribution in [1.82, 2.24) is 4.57 Å². The van der Waals surface area contributed by atoms with Gasteiger partial charge in [-0.15, -0.1) is 6.42 Å². The van der Waals surface area contributed by atoms with Gasteiger partial charge >= 0.3 is 11.9 Å². The predicted octanol–water partition coefficient (Wildman–Crippen LogP) is 4.29. The zero-order chi connectivity index (χ0) is 32.0. The van der Waals surface area contributed by atoms with Gasteiger partial charge in [0.25, 0.3) is 5.56 Å². The van der Waals surface area contributed by atoms with E-state index in [-0.39, 0.29) is 31.0 Å². The molecular formula is C31H28Br2N2O8S. The van der Waals surface area contributed by atoms with Crippen LogP contribution in [-0.2, 0) is 19.1 Å². The lowest BCUT2D eigenvalue weighted by atomic mass is 9.95. The fourth-order valence-electron chi connectivity index (χ4n) is 4.45. The van der Waals surface area contributed by atoms with Gasteiger partial charge in [-0.05, 0) is 94.1 Å². The molecule has 0 aliphatic carbocycles. The predicted molar refractivity (Wildman–Crippen MR) is 172 cm³/mol. The van der Waals surface area contributed by atoms with Gasteiger partial charge in [0.05, 0.1) is 51.1 Å². The van der Waals surface area contributed by atoms with Gasteiger partial charge in [-0.25, -0.2) is 14.6 Å². The first-order valence-electron chi connectivity index (χ1n) is 13.3. The molecule has 3 aromatic rings. The minimum atomic E-state index is -0.876. The van der Waals surface area contributed by atoms with E-state index in [1.165, 1.54) is 23.0 Å². The summed E-state index contributed by atoms with van der Waals surface area (Å²) in [7, 11) is 1.27. The Morgan fingerprint density at radius 2 is 1.82 bits per heavy atom. The van der Waals surface area contributed by atoms with Crippen molar-refractivity contribution in [3.05, 3.63) is 81.4 Å². The molecule has 0 radical (unpaired) electrons. The summed E-state index contributed by atoms with van der Waals surface area (Å²) in [4.78, 5) is 44.0. The van der Waals surface area contributed by atoms with Gasteiger partial charge in [0.1, 0.15) is 12.4 Å². The Labute approximate surface area is 274 Å². The Hall–Kier alpha value is -3.86. The number of esters is 2. The Morgan fingerprint density at radius 1 is 1.09 bits per heavy atom. The number of thiazole rings is 1. The molecule has 1 aliphatic heterocycles. The second-order valence-electron chi connectivity index (χ2n) is 9.11. The Kier molecular flexibility index (Phi) is 11.1. The molecule has 13 heteroatoms. The number of fused-ring (bicyclic) bond motifs is 1. The van der Waals surface area contributed by atoms with Crippen molar-refractivity contribution in [1.29, 1.82) is 0 Å². The molecule has 230 valence electrons. The molecule has 0 bridgehead atoms. The molecule has 0 fully saturated rings. The van der Waals surface area contributed by atoms with Crippen LogP contribution in [0.1, 0.15) is 37.9 Å². The first-order chi connectivity index (χ1) is 21.1. The van der Waals surface area contributed by atoms with E-state index in [1.807, 2.05) is 12.1 Å². The molecule has 0 amide bonds. The number of allylic oxidation sites excluding steroid dienone is 1. The van der Waals surface area contributed by atoms with Crippen LogP contribution in [0.3, 0.4) is 0 Å². The largest absolute Gasteiger partial charge is 0.490 e. The number of methoxy groups -OCH3 is 1. The van der Waals surface area contributed by atoms with Gasteiger partial charge in [-0.2, -0.15) is 0 Å². The molecule has 0 N–H and O–H groups in total. The van der Waals surface area contributed by atoms with Crippen LogP contribution in [0.4, 0.5) is 0 Å². The molecule has 1 atom stereocenters. The summed E-state index contributed by atoms with van der Waals surface area (Å²) < 4.78 is 30.2. The van der Waals surface area contributed by atoms with Crippen LogP contribution < -0.4 is 29.1 Å². The molecule has 0 unspecified atom stereocenters. The van der Waals surface area contributed by atoms with Crippen molar-refractivity contribution in [3.8, 4) is 29.6 Å². The SMILES string of the molecule is C#CCOc1c(Br)cc(/C=c2\sc3n(c2=O)[C@@H](c2ccc(OCC(=O)OC)c(OCC)c2)C(C(=O)OCC)=C(C)N=3)cc1Br. The Morgan fingerprint density at radius 3 is 2.45 bits per heavy atom. The fourth-order valence-corrected chi connectivity index (χ4v) is 6.95. The second-order valence-corrected chi connectivity index (χ2v) is 11.8. The molecule has 44 heavy (non-hydrogen) atoms. The third-order valence-electron chi connectivity index (χ3n) is 6.29. The van der Waals surface area contributed by atoms with Gasteiger partial charge < -0.3 is 23.7 Å². The van der Waals surface area contributed by atoms with Crippen LogP contribution in [0, 0.1) is 12.3 Å². The van der Waals surface area contributed by atoms with E-state index in [0.29, 0.717) is 59.0 Å². The third kappa shape index (κ3) is 7.09. The van der Waals surface area contributed by atoms with Crippen LogP contribution in [0.15, 0.2) is 60.3 Å². The maximum Gasteiger partial charge on any atom is 0.343 e. The zero-order valence-corrected chi connectivity index (χ0v) is 28.3. The maximum absolute atomic E-state index is 14.0. The maximum atomic E-state index is 14.0. The number of aromatic nitrogens is 1. The molecule has 1 aromatic heterocycles. The van der Waals surface area contributed by atoms with Gasteiger partial charge in [0.2, 0.25) is 0 Å². The van der Waals surface area contributed by atoms with Crippen molar-refractivity contribution >= 4 is 61.2 Å². The second kappa shape index (κ2) is 14.7. The summed E-state index contributed by atoms with van der Waals surface area (Å²) in [6, 6.07) is 7.75.